The van der Waals surface area contributed by atoms with E-state index < -0.39 is 11.9 Å². The highest BCUT2D eigenvalue weighted by Gasteiger charge is 2.24. The molecule has 1 amide bonds. The minimum absolute atomic E-state index is 0.0260. The number of pyridine rings is 2. The van der Waals surface area contributed by atoms with E-state index >= 15 is 0 Å². The molecule has 1 fully saturated rings. The Labute approximate surface area is 206 Å². The maximum atomic E-state index is 13.4. The van der Waals surface area contributed by atoms with Crippen molar-refractivity contribution in [2.45, 2.75) is 39.3 Å². The van der Waals surface area contributed by atoms with Crippen LogP contribution in [-0.4, -0.2) is 45.1 Å². The Hall–Kier alpha value is -4.11. The molecule has 0 aliphatic carbocycles. The Morgan fingerprint density at radius 3 is 2.81 bits per heavy atom. The van der Waals surface area contributed by atoms with Crippen molar-refractivity contribution < 1.29 is 19.1 Å². The summed E-state index contributed by atoms with van der Waals surface area (Å²) >= 11 is 0. The first-order valence-electron chi connectivity index (χ1n) is 12.0. The second-order valence-corrected chi connectivity index (χ2v) is 8.72. The number of benzene rings is 1. The number of carbonyl (C=O) groups excluding carboxylic acids is 2. The smallest absolute Gasteiger partial charge is 0.341 e. The van der Waals surface area contributed by atoms with E-state index in [-0.39, 0.29) is 41.3 Å². The van der Waals surface area contributed by atoms with Crippen LogP contribution in [0, 0.1) is 6.92 Å². The van der Waals surface area contributed by atoms with Crippen molar-refractivity contribution in [3.8, 4) is 0 Å². The molecule has 0 N–H and O–H groups in total. The summed E-state index contributed by atoms with van der Waals surface area (Å²) in [6.07, 6.45) is 3.15. The molecule has 36 heavy (non-hydrogen) atoms. The SMILES string of the molecule is CCOC(=O)c1cc2c(=O)n3ccccc3nc2n(C[C@H]2CCCO2)c1=NC(=O)c1cccc(C)c1. The number of aryl methyl sites for hydroxylation is 1. The molecular formula is C27H26N4O5. The van der Waals surface area contributed by atoms with Crippen LogP contribution in [0.1, 0.15) is 46.0 Å². The highest BCUT2D eigenvalue weighted by molar-refractivity contribution is 5.97. The van der Waals surface area contributed by atoms with Gasteiger partial charge in [-0.3, -0.25) is 14.0 Å². The largest absolute Gasteiger partial charge is 0.462 e. The normalized spacial score (nSPS) is 16.1. The van der Waals surface area contributed by atoms with Gasteiger partial charge in [-0.25, -0.2) is 9.78 Å². The molecule has 0 spiro atoms. The molecule has 1 aliphatic rings. The summed E-state index contributed by atoms with van der Waals surface area (Å²) in [5.41, 5.74) is 1.85. The van der Waals surface area contributed by atoms with Gasteiger partial charge in [0.15, 0.2) is 5.49 Å². The minimum Gasteiger partial charge on any atom is -0.462 e. The van der Waals surface area contributed by atoms with Gasteiger partial charge in [0.2, 0.25) is 0 Å². The van der Waals surface area contributed by atoms with E-state index in [1.807, 2.05) is 13.0 Å². The first-order valence-corrected chi connectivity index (χ1v) is 12.0. The summed E-state index contributed by atoms with van der Waals surface area (Å²) in [5.74, 6) is -1.18. The van der Waals surface area contributed by atoms with Crippen LogP contribution < -0.4 is 11.0 Å². The van der Waals surface area contributed by atoms with Crippen LogP contribution in [0.3, 0.4) is 0 Å². The number of aromatic nitrogens is 3. The Bertz CT molecular complexity index is 1610. The van der Waals surface area contributed by atoms with Crippen LogP contribution in [0.2, 0.25) is 0 Å². The zero-order chi connectivity index (χ0) is 25.2. The summed E-state index contributed by atoms with van der Waals surface area (Å²) in [6.45, 7) is 4.60. The molecule has 0 bridgehead atoms. The van der Waals surface area contributed by atoms with Crippen molar-refractivity contribution in [2.24, 2.45) is 4.99 Å². The number of hydrogen-bond acceptors (Lipinski definition) is 6. The molecule has 184 valence electrons. The number of fused-ring (bicyclic) bond motifs is 2. The van der Waals surface area contributed by atoms with E-state index in [0.29, 0.717) is 23.5 Å². The van der Waals surface area contributed by atoms with Crippen molar-refractivity contribution in [3.05, 3.63) is 87.3 Å². The lowest BCUT2D eigenvalue weighted by molar-refractivity contribution is 0.0521. The van der Waals surface area contributed by atoms with Gasteiger partial charge in [-0.15, -0.1) is 0 Å². The van der Waals surface area contributed by atoms with Crippen LogP contribution in [-0.2, 0) is 16.0 Å². The van der Waals surface area contributed by atoms with Gasteiger partial charge in [-0.05, 0) is 57.0 Å². The quantitative estimate of drug-likeness (QED) is 0.317. The third kappa shape index (κ3) is 4.45. The van der Waals surface area contributed by atoms with Crippen LogP contribution in [0.5, 0.6) is 0 Å². The third-order valence-corrected chi connectivity index (χ3v) is 6.17. The van der Waals surface area contributed by atoms with Gasteiger partial charge in [0.05, 0.1) is 24.6 Å². The van der Waals surface area contributed by atoms with Gasteiger partial charge in [0.1, 0.15) is 16.9 Å². The number of ether oxygens (including phenoxy) is 2. The van der Waals surface area contributed by atoms with Crippen molar-refractivity contribution in [1.29, 1.82) is 0 Å². The zero-order valence-electron chi connectivity index (χ0n) is 20.1. The van der Waals surface area contributed by atoms with Gasteiger partial charge >= 0.3 is 5.97 Å². The number of rotatable bonds is 5. The summed E-state index contributed by atoms with van der Waals surface area (Å²) in [6, 6.07) is 13.8. The zero-order valence-corrected chi connectivity index (χ0v) is 20.1. The second kappa shape index (κ2) is 9.87. The molecule has 9 heteroatoms. The second-order valence-electron chi connectivity index (χ2n) is 8.72. The van der Waals surface area contributed by atoms with Gasteiger partial charge in [-0.2, -0.15) is 4.99 Å². The molecule has 5 rings (SSSR count). The lowest BCUT2D eigenvalue weighted by Gasteiger charge is -2.18. The Morgan fingerprint density at radius 1 is 1.19 bits per heavy atom. The maximum absolute atomic E-state index is 13.4. The fourth-order valence-electron chi connectivity index (χ4n) is 4.46. The number of carbonyl (C=O) groups is 2. The summed E-state index contributed by atoms with van der Waals surface area (Å²) in [5, 5.41) is 0.224. The number of esters is 1. The van der Waals surface area contributed by atoms with Crippen LogP contribution in [0.25, 0.3) is 16.7 Å². The summed E-state index contributed by atoms with van der Waals surface area (Å²) < 4.78 is 14.2. The Kier molecular flexibility index (Phi) is 6.47. The highest BCUT2D eigenvalue weighted by Crippen LogP contribution is 2.17. The number of nitrogens with zero attached hydrogens (tertiary/aromatic N) is 4. The molecular weight excluding hydrogens is 460 g/mol. The lowest BCUT2D eigenvalue weighted by Crippen LogP contribution is -2.35. The summed E-state index contributed by atoms with van der Waals surface area (Å²) in [7, 11) is 0. The molecule has 4 aromatic rings. The standard InChI is InChI=1S/C27H26N4O5/c1-3-35-27(34)21-15-20-23(28-22-11-4-5-12-30(22)26(20)33)31(16-19-10-7-13-36-19)24(21)29-25(32)18-9-6-8-17(2)14-18/h4-6,8-9,11-12,14-15,19H,3,7,10,13,16H2,1-2H3/t19-/m1/s1. The van der Waals surface area contributed by atoms with E-state index in [2.05, 4.69) is 4.99 Å². The highest BCUT2D eigenvalue weighted by atomic mass is 16.5. The lowest BCUT2D eigenvalue weighted by atomic mass is 10.1. The predicted octanol–water partition coefficient (Wildman–Crippen LogP) is 3.05. The molecule has 0 saturated carbocycles. The molecule has 1 aliphatic heterocycles. The molecule has 0 radical (unpaired) electrons. The van der Waals surface area contributed by atoms with Crippen LogP contribution >= 0.6 is 0 Å². The van der Waals surface area contributed by atoms with E-state index in [9.17, 15) is 14.4 Å². The first kappa shape index (κ1) is 23.6. The van der Waals surface area contributed by atoms with Crippen molar-refractivity contribution >= 4 is 28.6 Å². The molecule has 1 atom stereocenters. The summed E-state index contributed by atoms with van der Waals surface area (Å²) in [4.78, 5) is 48.9. The molecule has 1 saturated heterocycles. The van der Waals surface area contributed by atoms with Gasteiger partial charge in [0.25, 0.3) is 11.5 Å². The van der Waals surface area contributed by atoms with Gasteiger partial charge < -0.3 is 14.0 Å². The van der Waals surface area contributed by atoms with E-state index in [0.717, 1.165) is 18.4 Å². The van der Waals surface area contributed by atoms with Gasteiger partial charge in [0, 0.05) is 18.4 Å². The van der Waals surface area contributed by atoms with E-state index in [4.69, 9.17) is 14.5 Å². The van der Waals surface area contributed by atoms with Gasteiger partial charge in [-0.1, -0.05) is 23.8 Å². The maximum Gasteiger partial charge on any atom is 0.341 e. The monoisotopic (exact) mass is 486 g/mol. The van der Waals surface area contributed by atoms with Crippen molar-refractivity contribution in [1.82, 2.24) is 14.0 Å². The third-order valence-electron chi connectivity index (χ3n) is 6.17. The molecule has 0 unspecified atom stereocenters. The predicted molar refractivity (Wildman–Crippen MR) is 133 cm³/mol. The molecule has 9 nitrogen and oxygen atoms in total. The Balaban J connectivity index is 1.86. The fraction of sp³-hybridized carbons (Fsp3) is 0.296. The average molecular weight is 487 g/mol. The van der Waals surface area contributed by atoms with Crippen LogP contribution in [0.15, 0.2) is 64.5 Å². The molecule has 1 aromatic carbocycles. The topological polar surface area (TPSA) is 104 Å². The van der Waals surface area contributed by atoms with Crippen LogP contribution in [0.4, 0.5) is 0 Å². The van der Waals surface area contributed by atoms with Crippen molar-refractivity contribution in [3.63, 3.8) is 0 Å². The Morgan fingerprint density at radius 2 is 2.06 bits per heavy atom. The number of hydrogen-bond donors (Lipinski definition) is 0. The molecule has 4 heterocycles. The van der Waals surface area contributed by atoms with E-state index in [1.54, 1.807) is 54.1 Å². The molecule has 3 aromatic heterocycles. The minimum atomic E-state index is -0.672. The van der Waals surface area contributed by atoms with E-state index in [1.165, 1.54) is 10.5 Å². The fourth-order valence-corrected chi connectivity index (χ4v) is 4.46. The average Bonchev–Trinajstić information content (AvgIpc) is 3.39. The van der Waals surface area contributed by atoms with Crippen molar-refractivity contribution in [2.75, 3.05) is 13.2 Å². The number of amides is 1. The first-order chi connectivity index (χ1) is 17.5.